The number of amides is 3. The van der Waals surface area contributed by atoms with Gasteiger partial charge < -0.3 is 20.3 Å². The molecule has 0 heterocycles. The molecule has 0 aromatic heterocycles. The van der Waals surface area contributed by atoms with E-state index in [9.17, 15) is 14.4 Å². The van der Waals surface area contributed by atoms with Gasteiger partial charge in [-0.25, -0.2) is 4.79 Å². The van der Waals surface area contributed by atoms with E-state index in [1.807, 2.05) is 32.0 Å². The fraction of sp³-hybridized carbons (Fsp3) is 0.690. The van der Waals surface area contributed by atoms with Gasteiger partial charge >= 0.3 is 6.09 Å². The van der Waals surface area contributed by atoms with Crippen LogP contribution in [-0.4, -0.2) is 47.5 Å². The first-order chi connectivity index (χ1) is 17.0. The summed E-state index contributed by atoms with van der Waals surface area (Å²) < 4.78 is 5.31. The Kier molecular flexibility index (Phi) is 11.7. The van der Waals surface area contributed by atoms with E-state index in [0.29, 0.717) is 6.54 Å². The second kappa shape index (κ2) is 14.2. The fourth-order valence-corrected chi connectivity index (χ4v) is 4.72. The molecule has 1 fully saturated rings. The number of benzene rings is 1. The van der Waals surface area contributed by atoms with E-state index in [-0.39, 0.29) is 24.4 Å². The zero-order valence-electron chi connectivity index (χ0n) is 23.2. The highest BCUT2D eigenvalue weighted by Crippen LogP contribution is 2.28. The molecular formula is C29H47N3O4. The zero-order valence-corrected chi connectivity index (χ0v) is 23.2. The summed E-state index contributed by atoms with van der Waals surface area (Å²) in [4.78, 5) is 41.3. The van der Waals surface area contributed by atoms with Crippen molar-refractivity contribution in [2.45, 2.75) is 117 Å². The summed E-state index contributed by atoms with van der Waals surface area (Å²) in [6.07, 6.45) is 8.63. The molecule has 0 aliphatic heterocycles. The Morgan fingerprint density at radius 3 is 2.39 bits per heavy atom. The lowest BCUT2D eigenvalue weighted by Gasteiger charge is -2.34. The second-order valence-electron chi connectivity index (χ2n) is 11.0. The zero-order chi connectivity index (χ0) is 26.7. The van der Waals surface area contributed by atoms with Crippen LogP contribution in [0.3, 0.4) is 0 Å². The number of hydrogen-bond acceptors (Lipinski definition) is 4. The average molecular weight is 502 g/mol. The molecule has 36 heavy (non-hydrogen) atoms. The Bertz CT molecular complexity index is 872. The van der Waals surface area contributed by atoms with Gasteiger partial charge in [0.25, 0.3) is 0 Å². The first-order valence-corrected chi connectivity index (χ1v) is 13.7. The molecule has 1 atom stereocenters. The number of hydrogen-bond donors (Lipinski definition) is 2. The van der Waals surface area contributed by atoms with Crippen molar-refractivity contribution in [2.75, 3.05) is 13.1 Å². The van der Waals surface area contributed by atoms with E-state index in [4.69, 9.17) is 4.74 Å². The quantitative estimate of drug-likeness (QED) is 0.379. The smallest absolute Gasteiger partial charge is 0.408 e. The van der Waals surface area contributed by atoms with Crippen molar-refractivity contribution >= 4 is 17.9 Å². The molecule has 1 aromatic carbocycles. The maximum Gasteiger partial charge on any atom is 0.408 e. The molecule has 2 N–H and O–H groups in total. The summed E-state index contributed by atoms with van der Waals surface area (Å²) in [5, 5.41) is 5.84. The minimum atomic E-state index is -0.749. The number of aryl methyl sites for hydroxylation is 1. The molecule has 1 aliphatic carbocycles. The second-order valence-corrected chi connectivity index (χ2v) is 11.0. The van der Waals surface area contributed by atoms with Gasteiger partial charge in [-0.3, -0.25) is 9.59 Å². The molecule has 0 spiro atoms. The van der Waals surface area contributed by atoms with E-state index in [1.165, 1.54) is 6.42 Å². The molecule has 1 saturated carbocycles. The lowest BCUT2D eigenvalue weighted by Crippen LogP contribution is -2.50. The van der Waals surface area contributed by atoms with Crippen LogP contribution in [0.5, 0.6) is 0 Å². The molecule has 0 radical (unpaired) electrons. The maximum absolute atomic E-state index is 13.8. The molecule has 1 unspecified atom stereocenters. The molecule has 1 aliphatic rings. The predicted molar refractivity (Wildman–Crippen MR) is 144 cm³/mol. The van der Waals surface area contributed by atoms with E-state index in [0.717, 1.165) is 68.1 Å². The Morgan fingerprint density at radius 2 is 1.75 bits per heavy atom. The van der Waals surface area contributed by atoms with Crippen molar-refractivity contribution in [3.8, 4) is 0 Å². The van der Waals surface area contributed by atoms with Crippen molar-refractivity contribution in [2.24, 2.45) is 0 Å². The first-order valence-electron chi connectivity index (χ1n) is 13.7. The summed E-state index contributed by atoms with van der Waals surface area (Å²) in [5.74, 6) is -0.432. The molecule has 2 rings (SSSR count). The van der Waals surface area contributed by atoms with Crippen molar-refractivity contribution in [3.63, 3.8) is 0 Å². The molecule has 0 saturated heterocycles. The van der Waals surface area contributed by atoms with Crippen LogP contribution in [0.2, 0.25) is 0 Å². The Morgan fingerprint density at radius 1 is 1.06 bits per heavy atom. The van der Waals surface area contributed by atoms with Crippen LogP contribution < -0.4 is 10.6 Å². The number of rotatable bonds is 11. The van der Waals surface area contributed by atoms with E-state index < -0.39 is 17.7 Å². The monoisotopic (exact) mass is 501 g/mol. The van der Waals surface area contributed by atoms with Gasteiger partial charge in [0.05, 0.1) is 0 Å². The number of carbonyl (C=O) groups is 3. The molecular weight excluding hydrogens is 454 g/mol. The van der Waals surface area contributed by atoms with Crippen molar-refractivity contribution in [3.05, 3.63) is 34.9 Å². The average Bonchev–Trinajstić information content (AvgIpc) is 2.81. The summed E-state index contributed by atoms with van der Waals surface area (Å²) in [6.45, 7) is 11.7. The van der Waals surface area contributed by atoms with Crippen LogP contribution >= 0.6 is 0 Å². The van der Waals surface area contributed by atoms with Crippen LogP contribution in [0.1, 0.15) is 108 Å². The summed E-state index contributed by atoms with van der Waals surface area (Å²) >= 11 is 0. The highest BCUT2D eigenvalue weighted by Gasteiger charge is 2.34. The Labute approximate surface area is 217 Å². The van der Waals surface area contributed by atoms with Crippen LogP contribution in [0.25, 0.3) is 0 Å². The fourth-order valence-electron chi connectivity index (χ4n) is 4.72. The predicted octanol–water partition coefficient (Wildman–Crippen LogP) is 5.73. The van der Waals surface area contributed by atoms with Crippen molar-refractivity contribution in [1.82, 2.24) is 15.5 Å². The maximum atomic E-state index is 13.8. The van der Waals surface area contributed by atoms with Gasteiger partial charge in [-0.2, -0.15) is 0 Å². The van der Waals surface area contributed by atoms with Crippen LogP contribution in [-0.2, 0) is 14.3 Å². The molecule has 0 bridgehead atoms. The van der Waals surface area contributed by atoms with Crippen LogP contribution in [0.4, 0.5) is 4.79 Å². The number of ether oxygens (including phenoxy) is 1. The van der Waals surface area contributed by atoms with Crippen LogP contribution in [0, 0.1) is 13.8 Å². The molecule has 7 nitrogen and oxygen atoms in total. The molecule has 1 aromatic rings. The van der Waals surface area contributed by atoms with E-state index in [1.54, 1.807) is 25.7 Å². The third-order valence-electron chi connectivity index (χ3n) is 6.81. The summed E-state index contributed by atoms with van der Waals surface area (Å²) in [6, 6.07) is 5.29. The molecule has 202 valence electrons. The number of nitrogens with zero attached hydrogens (tertiary/aromatic N) is 1. The third kappa shape index (κ3) is 9.47. The van der Waals surface area contributed by atoms with Gasteiger partial charge in [0.15, 0.2) is 0 Å². The topological polar surface area (TPSA) is 87.7 Å². The lowest BCUT2D eigenvalue weighted by molar-refractivity contribution is -0.140. The largest absolute Gasteiger partial charge is 0.444 e. The summed E-state index contributed by atoms with van der Waals surface area (Å²) in [5.41, 5.74) is 2.26. The Balaban J connectivity index is 2.33. The lowest BCUT2D eigenvalue weighted by atomic mass is 9.92. The highest BCUT2D eigenvalue weighted by molar-refractivity contribution is 5.91. The van der Waals surface area contributed by atoms with Gasteiger partial charge in [-0.15, -0.1) is 0 Å². The number of alkyl carbamates (subject to hydrolysis) is 1. The minimum Gasteiger partial charge on any atom is -0.444 e. The molecule has 3 amide bonds. The third-order valence-corrected chi connectivity index (χ3v) is 6.81. The van der Waals surface area contributed by atoms with E-state index >= 15 is 0 Å². The minimum absolute atomic E-state index is 0.135. The van der Waals surface area contributed by atoms with Crippen LogP contribution in [0.15, 0.2) is 18.2 Å². The standard InChI is InChI=1S/C29H47N3O4/c1-7-8-9-13-19-32(25(33)20-30-28(35)36-29(4,5)6)26(24-18-14-15-21(2)22(24)3)27(34)31-23-16-11-10-12-17-23/h14-15,18,23,26H,7-13,16-17,19-20H2,1-6H3,(H,30,35)(H,31,34). The van der Waals surface area contributed by atoms with Gasteiger partial charge in [0, 0.05) is 12.6 Å². The first kappa shape index (κ1) is 29.7. The molecule has 7 heteroatoms. The number of carbonyl (C=O) groups excluding carboxylic acids is 3. The van der Waals surface area contributed by atoms with Crippen molar-refractivity contribution in [1.29, 1.82) is 0 Å². The van der Waals surface area contributed by atoms with Gasteiger partial charge in [0.2, 0.25) is 11.8 Å². The van der Waals surface area contributed by atoms with Gasteiger partial charge in [-0.05, 0) is 70.6 Å². The Hall–Kier alpha value is -2.57. The summed E-state index contributed by atoms with van der Waals surface area (Å²) in [7, 11) is 0. The van der Waals surface area contributed by atoms with Crippen molar-refractivity contribution < 1.29 is 19.1 Å². The SMILES string of the molecule is CCCCCCN(C(=O)CNC(=O)OC(C)(C)C)C(C(=O)NC1CCCCC1)c1cccc(C)c1C. The number of unbranched alkanes of at least 4 members (excludes halogenated alkanes) is 3. The van der Waals surface area contributed by atoms with Gasteiger partial charge in [0.1, 0.15) is 18.2 Å². The normalized spacial score (nSPS) is 15.2. The number of nitrogens with one attached hydrogen (secondary N) is 2. The van der Waals surface area contributed by atoms with E-state index in [2.05, 4.69) is 17.6 Å². The van der Waals surface area contributed by atoms with Gasteiger partial charge in [-0.1, -0.05) is 63.6 Å². The highest BCUT2D eigenvalue weighted by atomic mass is 16.6.